The Bertz CT molecular complexity index is 1360. The average molecular weight is 405 g/mol. The Morgan fingerprint density at radius 3 is 2.69 bits per heavy atom. The van der Waals surface area contributed by atoms with E-state index in [-0.39, 0.29) is 17.4 Å². The van der Waals surface area contributed by atoms with Crippen LogP contribution in [0.4, 0.5) is 17.2 Å². The van der Waals surface area contributed by atoms with E-state index in [9.17, 15) is 15.2 Å². The second-order valence-electron chi connectivity index (χ2n) is 6.12. The Balaban J connectivity index is 1.51. The number of para-hydroxylation sites is 1. The van der Waals surface area contributed by atoms with Gasteiger partial charge in [-0.25, -0.2) is 4.40 Å². The van der Waals surface area contributed by atoms with Crippen molar-refractivity contribution in [3.05, 3.63) is 70.1 Å². The molecule has 0 atom stereocenters. The summed E-state index contributed by atoms with van der Waals surface area (Å²) in [6, 6.07) is 15.1. The molecule has 0 fully saturated rings. The van der Waals surface area contributed by atoms with Crippen molar-refractivity contribution in [2.75, 3.05) is 0 Å². The number of azo groups is 1. The lowest BCUT2D eigenvalue weighted by Crippen LogP contribution is -1.85. The summed E-state index contributed by atoms with van der Waals surface area (Å²) >= 11 is 1.34. The molecule has 5 rings (SSSR count). The molecule has 0 saturated carbocycles. The number of imidazole rings is 1. The van der Waals surface area contributed by atoms with Crippen molar-refractivity contribution < 1.29 is 14.4 Å². The number of nitrogens with zero attached hydrogens (tertiary/aromatic N) is 5. The van der Waals surface area contributed by atoms with Gasteiger partial charge in [0, 0.05) is 22.9 Å². The van der Waals surface area contributed by atoms with Crippen LogP contribution in [0.5, 0.6) is 5.88 Å². The smallest absolute Gasteiger partial charge is 0.269 e. The number of benzene rings is 2. The summed E-state index contributed by atoms with van der Waals surface area (Å²) in [7, 11) is 0. The first-order chi connectivity index (χ1) is 14.1. The fourth-order valence-electron chi connectivity index (χ4n) is 2.93. The highest BCUT2D eigenvalue weighted by molar-refractivity contribution is 7.15. The molecule has 0 aliphatic rings. The van der Waals surface area contributed by atoms with Gasteiger partial charge in [0.25, 0.3) is 5.69 Å². The number of nitro benzene ring substituents is 1. The van der Waals surface area contributed by atoms with Crippen LogP contribution in [0.3, 0.4) is 0 Å². The van der Waals surface area contributed by atoms with Gasteiger partial charge in [-0.3, -0.25) is 10.1 Å². The first kappa shape index (κ1) is 17.1. The molecular formula is C19H11N5O4S. The van der Waals surface area contributed by atoms with Gasteiger partial charge in [0.2, 0.25) is 11.7 Å². The van der Waals surface area contributed by atoms with Crippen LogP contribution in [0.25, 0.3) is 27.4 Å². The lowest BCUT2D eigenvalue weighted by Gasteiger charge is -1.96. The molecule has 0 saturated heterocycles. The number of hydrogen-bond donors (Lipinski definition) is 1. The predicted molar refractivity (Wildman–Crippen MR) is 107 cm³/mol. The zero-order valence-corrected chi connectivity index (χ0v) is 15.4. The van der Waals surface area contributed by atoms with Gasteiger partial charge in [0.15, 0.2) is 10.7 Å². The van der Waals surface area contributed by atoms with Gasteiger partial charge in [-0.15, -0.1) is 21.6 Å². The van der Waals surface area contributed by atoms with E-state index < -0.39 is 4.92 Å². The van der Waals surface area contributed by atoms with E-state index >= 15 is 0 Å². The van der Waals surface area contributed by atoms with E-state index in [4.69, 9.17) is 4.42 Å². The fraction of sp³-hybridized carbons (Fsp3) is 0. The van der Waals surface area contributed by atoms with Crippen LogP contribution in [0.1, 0.15) is 0 Å². The molecule has 0 aliphatic carbocycles. The van der Waals surface area contributed by atoms with Gasteiger partial charge in [-0.2, -0.15) is 4.98 Å². The molecule has 9 nitrogen and oxygen atoms in total. The summed E-state index contributed by atoms with van der Waals surface area (Å²) in [6.07, 6.45) is 0. The summed E-state index contributed by atoms with van der Waals surface area (Å²) in [5, 5.41) is 32.1. The summed E-state index contributed by atoms with van der Waals surface area (Å²) in [6.45, 7) is 0. The third-order valence-corrected chi connectivity index (χ3v) is 5.15. The highest BCUT2D eigenvalue weighted by Crippen LogP contribution is 2.38. The van der Waals surface area contributed by atoms with E-state index in [2.05, 4.69) is 15.2 Å². The molecule has 0 bridgehead atoms. The highest BCUT2D eigenvalue weighted by atomic mass is 32.1. The Morgan fingerprint density at radius 1 is 1.14 bits per heavy atom. The van der Waals surface area contributed by atoms with Crippen LogP contribution in [0.2, 0.25) is 0 Å². The van der Waals surface area contributed by atoms with Crippen LogP contribution >= 0.6 is 11.3 Å². The summed E-state index contributed by atoms with van der Waals surface area (Å²) in [5.74, 6) is 0.485. The van der Waals surface area contributed by atoms with Gasteiger partial charge in [-0.1, -0.05) is 18.2 Å². The van der Waals surface area contributed by atoms with Crippen molar-refractivity contribution >= 4 is 44.5 Å². The van der Waals surface area contributed by atoms with Crippen molar-refractivity contribution in [2.24, 2.45) is 10.2 Å². The molecule has 10 heteroatoms. The maximum Gasteiger partial charge on any atom is 0.269 e. The van der Waals surface area contributed by atoms with E-state index in [0.29, 0.717) is 22.1 Å². The predicted octanol–water partition coefficient (Wildman–Crippen LogP) is 5.84. The zero-order valence-electron chi connectivity index (χ0n) is 14.6. The lowest BCUT2D eigenvalue weighted by atomic mass is 10.2. The Kier molecular flexibility index (Phi) is 3.85. The minimum atomic E-state index is -0.490. The topological polar surface area (TPSA) is 119 Å². The number of aromatic hydroxyl groups is 1. The molecule has 29 heavy (non-hydrogen) atoms. The molecule has 0 spiro atoms. The van der Waals surface area contributed by atoms with Gasteiger partial charge in [0.05, 0.1) is 10.6 Å². The highest BCUT2D eigenvalue weighted by Gasteiger charge is 2.19. The quantitative estimate of drug-likeness (QED) is 0.229. The van der Waals surface area contributed by atoms with E-state index in [1.54, 1.807) is 4.40 Å². The molecule has 5 aromatic rings. The molecule has 0 radical (unpaired) electrons. The van der Waals surface area contributed by atoms with Crippen molar-refractivity contribution in [1.82, 2.24) is 9.38 Å². The van der Waals surface area contributed by atoms with Gasteiger partial charge < -0.3 is 9.52 Å². The normalized spacial score (nSPS) is 11.7. The van der Waals surface area contributed by atoms with Gasteiger partial charge in [-0.05, 0) is 24.3 Å². The summed E-state index contributed by atoms with van der Waals surface area (Å²) < 4.78 is 7.43. The minimum absolute atomic E-state index is 0.0372. The number of nitro groups is 1. The standard InChI is InChI=1S/C19H11N5O4S/c25-18-17(22-21-12-5-7-13(8-6-12)24(26)27)20-19-23(18)14(10-29-19)16-9-11-3-1-2-4-15(11)28-16/h1-10,25H. The van der Waals surface area contributed by atoms with Crippen LogP contribution in [0.15, 0.2) is 74.6 Å². The number of furan rings is 1. The van der Waals surface area contributed by atoms with Crippen LogP contribution in [-0.2, 0) is 0 Å². The summed E-state index contributed by atoms with van der Waals surface area (Å²) in [4.78, 5) is 15.1. The molecule has 142 valence electrons. The van der Waals surface area contributed by atoms with Crippen molar-refractivity contribution in [2.45, 2.75) is 0 Å². The molecule has 0 amide bonds. The third kappa shape index (κ3) is 2.91. The number of non-ortho nitro benzene ring substituents is 1. The van der Waals surface area contributed by atoms with Crippen molar-refractivity contribution in [3.8, 4) is 17.3 Å². The second-order valence-corrected chi connectivity index (χ2v) is 6.96. The molecule has 1 N–H and O–H groups in total. The van der Waals surface area contributed by atoms with Crippen molar-refractivity contribution in [1.29, 1.82) is 0 Å². The molecule has 3 aromatic heterocycles. The van der Waals surface area contributed by atoms with Crippen LogP contribution in [0, 0.1) is 10.1 Å². The molecule has 0 aliphatic heterocycles. The molecule has 0 unspecified atom stereocenters. The van der Waals surface area contributed by atoms with Crippen LogP contribution in [-0.4, -0.2) is 19.4 Å². The molecule has 2 aromatic carbocycles. The minimum Gasteiger partial charge on any atom is -0.491 e. The maximum atomic E-state index is 10.7. The average Bonchev–Trinajstić information content (AvgIpc) is 3.41. The Morgan fingerprint density at radius 2 is 1.93 bits per heavy atom. The molecular weight excluding hydrogens is 394 g/mol. The lowest BCUT2D eigenvalue weighted by molar-refractivity contribution is -0.384. The maximum absolute atomic E-state index is 10.7. The van der Waals surface area contributed by atoms with E-state index in [1.165, 1.54) is 35.6 Å². The first-order valence-corrected chi connectivity index (χ1v) is 9.32. The number of thiazole rings is 1. The van der Waals surface area contributed by atoms with Crippen LogP contribution < -0.4 is 0 Å². The van der Waals surface area contributed by atoms with Crippen molar-refractivity contribution in [3.63, 3.8) is 0 Å². The number of rotatable bonds is 4. The fourth-order valence-corrected chi connectivity index (χ4v) is 3.80. The number of aromatic nitrogens is 2. The largest absolute Gasteiger partial charge is 0.491 e. The monoisotopic (exact) mass is 405 g/mol. The third-order valence-electron chi connectivity index (χ3n) is 4.32. The Hall–Kier alpha value is -4.05. The Labute approximate surface area is 166 Å². The first-order valence-electron chi connectivity index (χ1n) is 8.44. The second kappa shape index (κ2) is 6.53. The van der Waals surface area contributed by atoms with E-state index in [0.717, 1.165) is 11.0 Å². The summed E-state index contributed by atoms with van der Waals surface area (Å²) in [5.41, 5.74) is 1.77. The zero-order chi connectivity index (χ0) is 20.0. The SMILES string of the molecule is O=[N+]([O-])c1ccc(N=Nc2nc3scc(-c4cc5ccccc5o4)n3c2O)cc1. The number of fused-ring (bicyclic) bond motifs is 2. The van der Waals surface area contributed by atoms with E-state index in [1.807, 2.05) is 35.7 Å². The van der Waals surface area contributed by atoms with Gasteiger partial charge >= 0.3 is 0 Å². The van der Waals surface area contributed by atoms with Gasteiger partial charge in [0.1, 0.15) is 11.3 Å². The number of hydrogen-bond acceptors (Lipinski definition) is 8. The molecule has 3 heterocycles.